The highest BCUT2D eigenvalue weighted by Crippen LogP contribution is 2.42. The SMILES string of the molecule is N#CC1(c2cc3[nH]ncc3cn2)CCC1. The third-order valence-corrected chi connectivity index (χ3v) is 3.23. The van der Waals surface area contributed by atoms with E-state index in [1.807, 2.05) is 6.07 Å². The highest BCUT2D eigenvalue weighted by molar-refractivity contribution is 5.77. The fraction of sp³-hybridized carbons (Fsp3) is 0.364. The fourth-order valence-electron chi connectivity index (χ4n) is 2.05. The number of hydrogen-bond donors (Lipinski definition) is 1. The smallest absolute Gasteiger partial charge is 0.0993 e. The Bertz CT molecular complexity index is 545. The van der Waals surface area contributed by atoms with Crippen molar-refractivity contribution in [2.24, 2.45) is 0 Å². The van der Waals surface area contributed by atoms with Crippen LogP contribution in [0.3, 0.4) is 0 Å². The molecule has 0 aromatic carbocycles. The number of aromatic amines is 1. The number of nitrogens with zero attached hydrogens (tertiary/aromatic N) is 3. The number of H-pyrrole nitrogens is 1. The lowest BCUT2D eigenvalue weighted by molar-refractivity contribution is 0.316. The molecule has 0 amide bonds. The molecular weight excluding hydrogens is 188 g/mol. The highest BCUT2D eigenvalue weighted by atomic mass is 15.1. The second-order valence-electron chi connectivity index (χ2n) is 4.07. The highest BCUT2D eigenvalue weighted by Gasteiger charge is 2.40. The van der Waals surface area contributed by atoms with Crippen molar-refractivity contribution >= 4 is 10.9 Å². The number of aromatic nitrogens is 3. The molecule has 0 aliphatic heterocycles. The van der Waals surface area contributed by atoms with E-state index in [0.29, 0.717) is 0 Å². The molecule has 1 aliphatic rings. The lowest BCUT2D eigenvalue weighted by Crippen LogP contribution is -2.33. The van der Waals surface area contributed by atoms with Gasteiger partial charge in [0.1, 0.15) is 0 Å². The third kappa shape index (κ3) is 1.06. The molecule has 15 heavy (non-hydrogen) atoms. The van der Waals surface area contributed by atoms with Crippen LogP contribution in [0.15, 0.2) is 18.5 Å². The summed E-state index contributed by atoms with van der Waals surface area (Å²) in [4.78, 5) is 4.36. The van der Waals surface area contributed by atoms with E-state index in [9.17, 15) is 5.26 Å². The minimum absolute atomic E-state index is 0.334. The lowest BCUT2D eigenvalue weighted by Gasteiger charge is -2.34. The topological polar surface area (TPSA) is 65.4 Å². The zero-order valence-electron chi connectivity index (χ0n) is 8.20. The number of pyridine rings is 1. The van der Waals surface area contributed by atoms with Gasteiger partial charge in [-0.2, -0.15) is 10.4 Å². The van der Waals surface area contributed by atoms with Crippen LogP contribution in [0.2, 0.25) is 0 Å². The molecule has 1 aliphatic carbocycles. The van der Waals surface area contributed by atoms with E-state index in [2.05, 4.69) is 21.3 Å². The number of rotatable bonds is 1. The van der Waals surface area contributed by atoms with Gasteiger partial charge >= 0.3 is 0 Å². The van der Waals surface area contributed by atoms with Gasteiger partial charge in [-0.1, -0.05) is 0 Å². The summed E-state index contributed by atoms with van der Waals surface area (Å²) in [6.45, 7) is 0. The third-order valence-electron chi connectivity index (χ3n) is 3.23. The van der Waals surface area contributed by atoms with E-state index in [1.165, 1.54) is 0 Å². The first kappa shape index (κ1) is 8.42. The molecule has 1 saturated carbocycles. The first-order chi connectivity index (χ1) is 7.34. The molecule has 2 aromatic heterocycles. The number of hydrogen-bond acceptors (Lipinski definition) is 3. The molecule has 2 heterocycles. The minimum atomic E-state index is -0.334. The van der Waals surface area contributed by atoms with Gasteiger partial charge < -0.3 is 0 Å². The van der Waals surface area contributed by atoms with E-state index >= 15 is 0 Å². The van der Waals surface area contributed by atoms with Gasteiger partial charge in [-0.15, -0.1) is 0 Å². The number of fused-ring (bicyclic) bond motifs is 1. The van der Waals surface area contributed by atoms with E-state index in [1.54, 1.807) is 12.4 Å². The summed E-state index contributed by atoms with van der Waals surface area (Å²) >= 11 is 0. The van der Waals surface area contributed by atoms with Gasteiger partial charge in [-0.25, -0.2) is 0 Å². The maximum atomic E-state index is 9.20. The summed E-state index contributed by atoms with van der Waals surface area (Å²) in [7, 11) is 0. The van der Waals surface area contributed by atoms with Crippen molar-refractivity contribution in [1.82, 2.24) is 15.2 Å². The summed E-state index contributed by atoms with van der Waals surface area (Å²) in [5.74, 6) is 0. The molecule has 0 atom stereocenters. The van der Waals surface area contributed by atoms with Crippen LogP contribution < -0.4 is 0 Å². The zero-order chi connectivity index (χ0) is 10.3. The summed E-state index contributed by atoms with van der Waals surface area (Å²) in [5.41, 5.74) is 1.51. The standard InChI is InChI=1S/C11H10N4/c12-7-11(2-1-3-11)10-4-9-8(5-13-10)6-14-15-9/h4-6H,1-3H2,(H,14,15). The Labute approximate surface area is 86.9 Å². The van der Waals surface area contributed by atoms with Crippen molar-refractivity contribution in [2.75, 3.05) is 0 Å². The molecule has 4 heteroatoms. The second kappa shape index (κ2) is 2.80. The van der Waals surface area contributed by atoms with Gasteiger partial charge in [0.25, 0.3) is 0 Å². The zero-order valence-corrected chi connectivity index (χ0v) is 8.20. The summed E-state index contributed by atoms with van der Waals surface area (Å²) < 4.78 is 0. The molecule has 1 N–H and O–H groups in total. The molecule has 3 rings (SSSR count). The Hall–Kier alpha value is -1.89. The predicted molar refractivity (Wildman–Crippen MR) is 55.0 cm³/mol. The Morgan fingerprint density at radius 2 is 2.27 bits per heavy atom. The molecule has 2 aromatic rings. The van der Waals surface area contributed by atoms with Crippen LogP contribution in [-0.4, -0.2) is 15.2 Å². The molecule has 0 saturated heterocycles. The summed E-state index contributed by atoms with van der Waals surface area (Å²) in [6.07, 6.45) is 6.50. The van der Waals surface area contributed by atoms with E-state index < -0.39 is 0 Å². The Kier molecular flexibility index (Phi) is 1.57. The Morgan fingerprint density at radius 1 is 1.40 bits per heavy atom. The van der Waals surface area contributed by atoms with E-state index in [4.69, 9.17) is 0 Å². The van der Waals surface area contributed by atoms with Crippen molar-refractivity contribution < 1.29 is 0 Å². The van der Waals surface area contributed by atoms with Crippen LogP contribution in [0.25, 0.3) is 10.9 Å². The Balaban J connectivity index is 2.15. The first-order valence-electron chi connectivity index (χ1n) is 5.05. The molecule has 1 fully saturated rings. The predicted octanol–water partition coefficient (Wildman–Crippen LogP) is 1.90. The second-order valence-corrected chi connectivity index (χ2v) is 4.07. The van der Waals surface area contributed by atoms with Gasteiger partial charge in [-0.05, 0) is 25.3 Å². The minimum Gasteiger partial charge on any atom is -0.278 e. The van der Waals surface area contributed by atoms with Crippen molar-refractivity contribution in [3.05, 3.63) is 24.2 Å². The number of nitrogens with one attached hydrogen (secondary N) is 1. The molecular formula is C11H10N4. The maximum absolute atomic E-state index is 9.20. The van der Waals surface area contributed by atoms with Gasteiger partial charge in [0.15, 0.2) is 0 Å². The molecule has 0 unspecified atom stereocenters. The van der Waals surface area contributed by atoms with Crippen LogP contribution in [0.1, 0.15) is 25.0 Å². The average molecular weight is 198 g/mol. The average Bonchev–Trinajstić information content (AvgIpc) is 2.64. The van der Waals surface area contributed by atoms with Gasteiger partial charge in [-0.3, -0.25) is 10.1 Å². The van der Waals surface area contributed by atoms with Crippen LogP contribution in [0.5, 0.6) is 0 Å². The van der Waals surface area contributed by atoms with Gasteiger partial charge in [0.05, 0.1) is 28.9 Å². The van der Waals surface area contributed by atoms with Crippen molar-refractivity contribution in [3.8, 4) is 6.07 Å². The largest absolute Gasteiger partial charge is 0.278 e. The molecule has 0 bridgehead atoms. The molecule has 0 spiro atoms. The van der Waals surface area contributed by atoms with Crippen molar-refractivity contribution in [1.29, 1.82) is 5.26 Å². The summed E-state index contributed by atoms with van der Waals surface area (Å²) in [5, 5.41) is 17.0. The lowest BCUT2D eigenvalue weighted by atomic mass is 9.67. The summed E-state index contributed by atoms with van der Waals surface area (Å²) in [6, 6.07) is 4.34. The normalized spacial score (nSPS) is 18.3. The van der Waals surface area contributed by atoms with Crippen LogP contribution >= 0.6 is 0 Å². The maximum Gasteiger partial charge on any atom is 0.0993 e. The van der Waals surface area contributed by atoms with Crippen LogP contribution in [-0.2, 0) is 5.41 Å². The van der Waals surface area contributed by atoms with Crippen molar-refractivity contribution in [3.63, 3.8) is 0 Å². The van der Waals surface area contributed by atoms with Gasteiger partial charge in [0, 0.05) is 11.6 Å². The quantitative estimate of drug-likeness (QED) is 0.761. The van der Waals surface area contributed by atoms with Crippen LogP contribution in [0, 0.1) is 11.3 Å². The monoisotopic (exact) mass is 198 g/mol. The van der Waals surface area contributed by atoms with Gasteiger partial charge in [0.2, 0.25) is 0 Å². The molecule has 4 nitrogen and oxygen atoms in total. The Morgan fingerprint density at radius 3 is 2.93 bits per heavy atom. The molecule has 0 radical (unpaired) electrons. The van der Waals surface area contributed by atoms with Crippen LogP contribution in [0.4, 0.5) is 0 Å². The van der Waals surface area contributed by atoms with E-state index in [-0.39, 0.29) is 5.41 Å². The fourth-order valence-corrected chi connectivity index (χ4v) is 2.05. The molecule has 74 valence electrons. The van der Waals surface area contributed by atoms with Crippen molar-refractivity contribution in [2.45, 2.75) is 24.7 Å². The first-order valence-corrected chi connectivity index (χ1v) is 5.05. The van der Waals surface area contributed by atoms with E-state index in [0.717, 1.165) is 35.9 Å². The number of nitriles is 1.